The van der Waals surface area contributed by atoms with Crippen LogP contribution in [0.5, 0.6) is 0 Å². The van der Waals surface area contributed by atoms with Gasteiger partial charge in [0, 0.05) is 19.3 Å². The molecular formula is C15H18N6O3. The second-order valence-electron chi connectivity index (χ2n) is 5.49. The largest absolute Gasteiger partial charge is 0.376 e. The minimum absolute atomic E-state index is 0.0500. The second-order valence-corrected chi connectivity index (χ2v) is 5.49. The zero-order valence-corrected chi connectivity index (χ0v) is 13.2. The standard InChI is InChI=1S/C15H18N6O3/c1-10-4-2-6-16-13(10)20-15-12(21(22)23)14(18-9-19-15)17-8-11-5-3-7-24-11/h2,4,6,9,11H,3,5,7-8H2,1H3,(H2,16,17,18,19,20). The summed E-state index contributed by atoms with van der Waals surface area (Å²) in [5.41, 5.74) is 0.653. The Morgan fingerprint density at radius 2 is 2.17 bits per heavy atom. The maximum atomic E-state index is 11.5. The highest BCUT2D eigenvalue weighted by molar-refractivity contribution is 5.73. The lowest BCUT2D eigenvalue weighted by atomic mass is 10.2. The van der Waals surface area contributed by atoms with E-state index in [1.165, 1.54) is 6.33 Å². The summed E-state index contributed by atoms with van der Waals surface area (Å²) in [5.74, 6) is 0.789. The quantitative estimate of drug-likeness (QED) is 0.613. The van der Waals surface area contributed by atoms with Gasteiger partial charge in [0.05, 0.1) is 11.0 Å². The molecule has 24 heavy (non-hydrogen) atoms. The van der Waals surface area contributed by atoms with Gasteiger partial charge in [-0.05, 0) is 31.4 Å². The molecule has 1 aliphatic rings. The third-order valence-corrected chi connectivity index (χ3v) is 3.77. The molecule has 2 aromatic rings. The van der Waals surface area contributed by atoms with E-state index in [9.17, 15) is 10.1 Å². The van der Waals surface area contributed by atoms with Crippen molar-refractivity contribution < 1.29 is 9.66 Å². The molecule has 1 unspecified atom stereocenters. The zero-order valence-electron chi connectivity index (χ0n) is 13.2. The van der Waals surface area contributed by atoms with Crippen molar-refractivity contribution >= 4 is 23.1 Å². The molecule has 126 valence electrons. The van der Waals surface area contributed by atoms with Crippen LogP contribution in [-0.2, 0) is 4.74 Å². The number of aromatic nitrogens is 3. The average molecular weight is 330 g/mol. The van der Waals surface area contributed by atoms with Crippen LogP contribution in [-0.4, -0.2) is 39.1 Å². The lowest BCUT2D eigenvalue weighted by molar-refractivity contribution is -0.383. The Morgan fingerprint density at radius 1 is 1.33 bits per heavy atom. The first-order chi connectivity index (χ1) is 11.6. The average Bonchev–Trinajstić information content (AvgIpc) is 3.08. The van der Waals surface area contributed by atoms with E-state index in [2.05, 4.69) is 25.6 Å². The predicted molar refractivity (Wildman–Crippen MR) is 88.4 cm³/mol. The molecule has 0 spiro atoms. The van der Waals surface area contributed by atoms with E-state index in [1.54, 1.807) is 12.3 Å². The third kappa shape index (κ3) is 3.57. The molecule has 9 heteroatoms. The monoisotopic (exact) mass is 330 g/mol. The predicted octanol–water partition coefficient (Wildman–Crippen LogP) is 2.42. The number of aryl methyl sites for hydroxylation is 1. The smallest absolute Gasteiger partial charge is 0.353 e. The molecule has 0 amide bonds. The summed E-state index contributed by atoms with van der Waals surface area (Å²) < 4.78 is 5.52. The van der Waals surface area contributed by atoms with Crippen LogP contribution in [0.25, 0.3) is 0 Å². The molecule has 3 heterocycles. The first kappa shape index (κ1) is 16.1. The number of anilines is 3. The van der Waals surface area contributed by atoms with E-state index in [0.717, 1.165) is 25.0 Å². The number of ether oxygens (including phenoxy) is 1. The van der Waals surface area contributed by atoms with Gasteiger partial charge in [0.15, 0.2) is 0 Å². The number of nitrogens with one attached hydrogen (secondary N) is 2. The molecule has 2 N–H and O–H groups in total. The van der Waals surface area contributed by atoms with Crippen LogP contribution in [0.4, 0.5) is 23.1 Å². The van der Waals surface area contributed by atoms with Crippen molar-refractivity contribution in [3.05, 3.63) is 40.3 Å². The summed E-state index contributed by atoms with van der Waals surface area (Å²) >= 11 is 0. The SMILES string of the molecule is Cc1cccnc1Nc1ncnc(NCC2CCCO2)c1[N+](=O)[O-]. The second kappa shape index (κ2) is 7.18. The molecule has 9 nitrogen and oxygen atoms in total. The Hall–Kier alpha value is -2.81. The van der Waals surface area contributed by atoms with E-state index < -0.39 is 4.92 Å². The van der Waals surface area contributed by atoms with Gasteiger partial charge in [-0.2, -0.15) is 0 Å². The van der Waals surface area contributed by atoms with E-state index in [4.69, 9.17) is 4.74 Å². The van der Waals surface area contributed by atoms with Gasteiger partial charge in [-0.15, -0.1) is 0 Å². The maximum absolute atomic E-state index is 11.5. The van der Waals surface area contributed by atoms with Crippen molar-refractivity contribution in [3.8, 4) is 0 Å². The minimum Gasteiger partial charge on any atom is -0.376 e. The normalized spacial score (nSPS) is 16.8. The van der Waals surface area contributed by atoms with Crippen LogP contribution in [0, 0.1) is 17.0 Å². The highest BCUT2D eigenvalue weighted by Gasteiger charge is 2.25. The van der Waals surface area contributed by atoms with Crippen molar-refractivity contribution in [2.24, 2.45) is 0 Å². The van der Waals surface area contributed by atoms with E-state index in [1.807, 2.05) is 13.0 Å². The maximum Gasteiger partial charge on any atom is 0.353 e. The molecule has 0 bridgehead atoms. The fourth-order valence-corrected chi connectivity index (χ4v) is 2.52. The van der Waals surface area contributed by atoms with Crippen LogP contribution in [0.1, 0.15) is 18.4 Å². The van der Waals surface area contributed by atoms with Crippen LogP contribution in [0.15, 0.2) is 24.7 Å². The zero-order chi connectivity index (χ0) is 16.9. The Bertz CT molecular complexity index is 733. The highest BCUT2D eigenvalue weighted by atomic mass is 16.6. The number of hydrogen-bond donors (Lipinski definition) is 2. The van der Waals surface area contributed by atoms with Crippen molar-refractivity contribution in [2.45, 2.75) is 25.9 Å². The first-order valence-corrected chi connectivity index (χ1v) is 7.68. The molecule has 1 fully saturated rings. The van der Waals surface area contributed by atoms with E-state index in [-0.39, 0.29) is 23.4 Å². The minimum atomic E-state index is -0.502. The molecule has 0 saturated carbocycles. The molecule has 1 aliphatic heterocycles. The van der Waals surface area contributed by atoms with Crippen molar-refractivity contribution in [2.75, 3.05) is 23.8 Å². The van der Waals surface area contributed by atoms with Gasteiger partial charge in [0.1, 0.15) is 12.1 Å². The van der Waals surface area contributed by atoms with Gasteiger partial charge in [0.2, 0.25) is 11.6 Å². The number of pyridine rings is 1. The number of rotatable bonds is 6. The number of hydrogen-bond acceptors (Lipinski definition) is 8. The Balaban J connectivity index is 1.84. The van der Waals surface area contributed by atoms with Crippen molar-refractivity contribution in [1.82, 2.24) is 15.0 Å². The number of nitro groups is 1. The lowest BCUT2D eigenvalue weighted by Gasteiger charge is -2.13. The summed E-state index contributed by atoms with van der Waals surface area (Å²) in [5, 5.41) is 17.4. The van der Waals surface area contributed by atoms with Gasteiger partial charge in [-0.1, -0.05) is 6.07 Å². The summed E-state index contributed by atoms with van der Waals surface area (Å²) in [6.45, 7) is 3.06. The van der Waals surface area contributed by atoms with Crippen molar-refractivity contribution in [1.29, 1.82) is 0 Å². The summed E-state index contributed by atoms with van der Waals surface area (Å²) in [7, 11) is 0. The summed E-state index contributed by atoms with van der Waals surface area (Å²) in [6, 6.07) is 3.66. The molecule has 0 radical (unpaired) electrons. The molecule has 0 aromatic carbocycles. The topological polar surface area (TPSA) is 115 Å². The fourth-order valence-electron chi connectivity index (χ4n) is 2.52. The molecule has 0 aliphatic carbocycles. The van der Waals surface area contributed by atoms with Crippen LogP contribution >= 0.6 is 0 Å². The van der Waals surface area contributed by atoms with E-state index >= 15 is 0 Å². The molecular weight excluding hydrogens is 312 g/mol. The first-order valence-electron chi connectivity index (χ1n) is 7.68. The van der Waals surface area contributed by atoms with Gasteiger partial charge in [-0.3, -0.25) is 10.1 Å². The van der Waals surface area contributed by atoms with Crippen LogP contribution in [0.3, 0.4) is 0 Å². The highest BCUT2D eigenvalue weighted by Crippen LogP contribution is 2.31. The van der Waals surface area contributed by atoms with Gasteiger partial charge in [-0.25, -0.2) is 15.0 Å². The van der Waals surface area contributed by atoms with Crippen LogP contribution in [0.2, 0.25) is 0 Å². The molecule has 2 aromatic heterocycles. The number of nitrogens with zero attached hydrogens (tertiary/aromatic N) is 4. The summed E-state index contributed by atoms with van der Waals surface area (Å²) in [4.78, 5) is 23.2. The molecule has 1 atom stereocenters. The van der Waals surface area contributed by atoms with Crippen molar-refractivity contribution in [3.63, 3.8) is 0 Å². The van der Waals surface area contributed by atoms with Gasteiger partial charge >= 0.3 is 5.69 Å². The lowest BCUT2D eigenvalue weighted by Crippen LogP contribution is -2.20. The molecule has 1 saturated heterocycles. The summed E-state index contributed by atoms with van der Waals surface area (Å²) in [6.07, 6.45) is 4.88. The fraction of sp³-hybridized carbons (Fsp3) is 0.400. The van der Waals surface area contributed by atoms with Crippen LogP contribution < -0.4 is 10.6 Å². The van der Waals surface area contributed by atoms with Gasteiger partial charge < -0.3 is 15.4 Å². The van der Waals surface area contributed by atoms with Gasteiger partial charge in [0.25, 0.3) is 0 Å². The third-order valence-electron chi connectivity index (χ3n) is 3.77. The Morgan fingerprint density at radius 3 is 2.88 bits per heavy atom. The molecule has 3 rings (SSSR count). The Kier molecular flexibility index (Phi) is 4.80. The van der Waals surface area contributed by atoms with E-state index in [0.29, 0.717) is 12.4 Å². The Labute approximate surface area is 138 Å².